The Bertz CT molecular complexity index is 1280. The monoisotopic (exact) mass is 448 g/mol. The van der Waals surface area contributed by atoms with Crippen molar-refractivity contribution >= 4 is 10.8 Å². The molecule has 0 aliphatic rings. The molecule has 0 aliphatic heterocycles. The highest BCUT2D eigenvalue weighted by molar-refractivity contribution is 5.89. The van der Waals surface area contributed by atoms with Crippen molar-refractivity contribution < 1.29 is 4.39 Å². The lowest BCUT2D eigenvalue weighted by Gasteiger charge is -2.08. The summed E-state index contributed by atoms with van der Waals surface area (Å²) < 4.78 is 15.3. The van der Waals surface area contributed by atoms with E-state index in [1.165, 1.54) is 43.2 Å². The van der Waals surface area contributed by atoms with Gasteiger partial charge in [-0.1, -0.05) is 106 Å². The van der Waals surface area contributed by atoms with Crippen LogP contribution in [0.2, 0.25) is 0 Å². The maximum Gasteiger partial charge on any atom is 0.138 e. The van der Waals surface area contributed by atoms with Gasteiger partial charge in [0, 0.05) is 22.1 Å². The van der Waals surface area contributed by atoms with E-state index in [0.717, 1.165) is 34.9 Å². The number of hydrogen-bond donors (Lipinski definition) is 0. The maximum atomic E-state index is 15.3. The van der Waals surface area contributed by atoms with Gasteiger partial charge < -0.3 is 0 Å². The van der Waals surface area contributed by atoms with Gasteiger partial charge in [-0.3, -0.25) is 0 Å². The number of aryl methyl sites for hydroxylation is 2. The Kier molecular flexibility index (Phi) is 8.16. The van der Waals surface area contributed by atoms with Gasteiger partial charge in [0.25, 0.3) is 0 Å². The van der Waals surface area contributed by atoms with E-state index >= 15 is 4.39 Å². The Labute approximate surface area is 203 Å². The van der Waals surface area contributed by atoms with Crippen LogP contribution in [0.25, 0.3) is 21.9 Å². The third-order valence-electron chi connectivity index (χ3n) is 6.50. The van der Waals surface area contributed by atoms with Crippen molar-refractivity contribution in [2.24, 2.45) is 0 Å². The second-order valence-corrected chi connectivity index (χ2v) is 9.02. The third-order valence-corrected chi connectivity index (χ3v) is 6.50. The smallest absolute Gasteiger partial charge is 0.138 e. The molecule has 0 aliphatic carbocycles. The number of rotatable bonds is 8. The zero-order valence-corrected chi connectivity index (χ0v) is 20.3. The summed E-state index contributed by atoms with van der Waals surface area (Å²) >= 11 is 0. The van der Waals surface area contributed by atoms with Crippen LogP contribution in [0.5, 0.6) is 0 Å². The predicted octanol–water partition coefficient (Wildman–Crippen LogP) is 9.12. The van der Waals surface area contributed by atoms with Crippen molar-refractivity contribution in [2.45, 2.75) is 58.8 Å². The summed E-state index contributed by atoms with van der Waals surface area (Å²) in [6.07, 6.45) is 8.64. The fourth-order valence-corrected chi connectivity index (χ4v) is 4.34. The fourth-order valence-electron chi connectivity index (χ4n) is 4.34. The molecule has 0 atom stereocenters. The minimum Gasteiger partial charge on any atom is -0.206 e. The molecular weight excluding hydrogens is 415 g/mol. The zero-order valence-electron chi connectivity index (χ0n) is 20.3. The normalized spacial score (nSPS) is 10.8. The first-order valence-electron chi connectivity index (χ1n) is 12.6. The third kappa shape index (κ3) is 5.95. The van der Waals surface area contributed by atoms with E-state index in [4.69, 9.17) is 0 Å². The molecule has 0 heterocycles. The average Bonchev–Trinajstić information content (AvgIpc) is 2.88. The Morgan fingerprint density at radius 1 is 0.647 bits per heavy atom. The standard InChI is InChI=1S/C33H33F/c1-3-5-6-7-8-9-26-10-12-27(13-11-26)14-15-28-18-22-32-30(24-28)21-23-31(33(32)34)29-19-16-25(4-2)17-20-29/h10-13,16-24H,3-9H2,1-2H3. The maximum absolute atomic E-state index is 15.3. The van der Waals surface area contributed by atoms with E-state index in [0.29, 0.717) is 10.9 Å². The Morgan fingerprint density at radius 3 is 2.06 bits per heavy atom. The molecule has 0 nitrogen and oxygen atoms in total. The number of fused-ring (bicyclic) bond motifs is 1. The van der Waals surface area contributed by atoms with Crippen molar-refractivity contribution in [3.8, 4) is 23.0 Å². The number of halogens is 1. The van der Waals surface area contributed by atoms with Crippen molar-refractivity contribution in [1.29, 1.82) is 0 Å². The molecule has 0 saturated carbocycles. The van der Waals surface area contributed by atoms with Gasteiger partial charge >= 0.3 is 0 Å². The summed E-state index contributed by atoms with van der Waals surface area (Å²) in [5, 5.41) is 1.50. The Morgan fingerprint density at radius 2 is 1.32 bits per heavy atom. The molecule has 4 rings (SSSR count). The zero-order chi connectivity index (χ0) is 23.8. The second kappa shape index (κ2) is 11.7. The lowest BCUT2D eigenvalue weighted by Crippen LogP contribution is -1.89. The van der Waals surface area contributed by atoms with Gasteiger partial charge in [-0.2, -0.15) is 0 Å². The van der Waals surface area contributed by atoms with Crippen LogP contribution in [-0.2, 0) is 12.8 Å². The van der Waals surface area contributed by atoms with Crippen LogP contribution in [0.4, 0.5) is 4.39 Å². The first-order valence-corrected chi connectivity index (χ1v) is 12.6. The Balaban J connectivity index is 1.46. The molecule has 0 radical (unpaired) electrons. The van der Waals surface area contributed by atoms with E-state index < -0.39 is 0 Å². The van der Waals surface area contributed by atoms with E-state index in [1.54, 1.807) is 0 Å². The van der Waals surface area contributed by atoms with E-state index in [2.05, 4.69) is 62.1 Å². The van der Waals surface area contributed by atoms with Gasteiger partial charge in [0.2, 0.25) is 0 Å². The van der Waals surface area contributed by atoms with Crippen LogP contribution >= 0.6 is 0 Å². The summed E-state index contributed by atoms with van der Waals surface area (Å²) in [5.41, 5.74) is 6.08. The average molecular weight is 449 g/mol. The molecule has 0 amide bonds. The highest BCUT2D eigenvalue weighted by Gasteiger charge is 2.09. The molecule has 0 bridgehead atoms. The molecule has 0 saturated heterocycles. The van der Waals surface area contributed by atoms with Crippen LogP contribution in [-0.4, -0.2) is 0 Å². The molecule has 0 N–H and O–H groups in total. The first kappa shape index (κ1) is 23.8. The fraction of sp³-hybridized carbons (Fsp3) is 0.273. The van der Waals surface area contributed by atoms with Crippen LogP contribution in [0.1, 0.15) is 68.2 Å². The molecule has 1 heteroatoms. The highest BCUT2D eigenvalue weighted by atomic mass is 19.1. The van der Waals surface area contributed by atoms with Gasteiger partial charge in [0.05, 0.1) is 0 Å². The van der Waals surface area contributed by atoms with Gasteiger partial charge in [-0.05, 0) is 65.6 Å². The van der Waals surface area contributed by atoms with Crippen molar-refractivity contribution in [3.05, 3.63) is 107 Å². The largest absolute Gasteiger partial charge is 0.206 e. The quantitative estimate of drug-likeness (QED) is 0.186. The first-order chi connectivity index (χ1) is 16.7. The molecule has 0 unspecified atom stereocenters. The molecule has 0 fully saturated rings. The SMILES string of the molecule is CCCCCCCc1ccc(C#Cc2ccc3c(F)c(-c4ccc(CC)cc4)ccc3c2)cc1. The van der Waals surface area contributed by atoms with Crippen LogP contribution in [0, 0.1) is 17.7 Å². The molecule has 0 aromatic heterocycles. The van der Waals surface area contributed by atoms with Crippen LogP contribution in [0.15, 0.2) is 78.9 Å². The van der Waals surface area contributed by atoms with Gasteiger partial charge in [0.15, 0.2) is 0 Å². The highest BCUT2D eigenvalue weighted by Crippen LogP contribution is 2.29. The van der Waals surface area contributed by atoms with Crippen molar-refractivity contribution in [2.75, 3.05) is 0 Å². The van der Waals surface area contributed by atoms with Gasteiger partial charge in [0.1, 0.15) is 5.82 Å². The van der Waals surface area contributed by atoms with Gasteiger partial charge in [-0.15, -0.1) is 0 Å². The lowest BCUT2D eigenvalue weighted by atomic mass is 9.98. The Hall–Kier alpha value is -3.37. The minimum absolute atomic E-state index is 0.174. The van der Waals surface area contributed by atoms with E-state index in [9.17, 15) is 0 Å². The number of hydrogen-bond acceptors (Lipinski definition) is 0. The molecule has 172 valence electrons. The molecule has 4 aromatic carbocycles. The second-order valence-electron chi connectivity index (χ2n) is 9.02. The van der Waals surface area contributed by atoms with Crippen LogP contribution in [0.3, 0.4) is 0 Å². The summed E-state index contributed by atoms with van der Waals surface area (Å²) in [4.78, 5) is 0. The van der Waals surface area contributed by atoms with Crippen molar-refractivity contribution in [3.63, 3.8) is 0 Å². The van der Waals surface area contributed by atoms with Gasteiger partial charge in [-0.25, -0.2) is 4.39 Å². The summed E-state index contributed by atoms with van der Waals surface area (Å²) in [6, 6.07) is 26.3. The summed E-state index contributed by atoms with van der Waals surface area (Å²) in [6.45, 7) is 4.37. The molecule has 4 aromatic rings. The minimum atomic E-state index is -0.174. The predicted molar refractivity (Wildman–Crippen MR) is 144 cm³/mol. The molecule has 0 spiro atoms. The van der Waals surface area contributed by atoms with E-state index in [-0.39, 0.29) is 5.82 Å². The van der Waals surface area contributed by atoms with Crippen molar-refractivity contribution in [1.82, 2.24) is 0 Å². The molecular formula is C33H33F. The topological polar surface area (TPSA) is 0 Å². The summed E-state index contributed by atoms with van der Waals surface area (Å²) in [5.74, 6) is 6.33. The van der Waals surface area contributed by atoms with E-state index in [1.807, 2.05) is 42.5 Å². The van der Waals surface area contributed by atoms with Crippen LogP contribution < -0.4 is 0 Å². The number of benzene rings is 4. The molecule has 34 heavy (non-hydrogen) atoms. The lowest BCUT2D eigenvalue weighted by molar-refractivity contribution is 0.632. The summed E-state index contributed by atoms with van der Waals surface area (Å²) in [7, 11) is 0. The number of unbranched alkanes of at least 4 members (excludes halogenated alkanes) is 4.